The van der Waals surface area contributed by atoms with Crippen LogP contribution in [0.1, 0.15) is 6.42 Å². The van der Waals surface area contributed by atoms with Crippen LogP contribution in [0.3, 0.4) is 0 Å². The van der Waals surface area contributed by atoms with E-state index >= 15 is 0 Å². The van der Waals surface area contributed by atoms with Crippen LogP contribution in [0.25, 0.3) is 0 Å². The SMILES string of the molecule is NC1CC2C(=O)NCCN2C1. The van der Waals surface area contributed by atoms with E-state index in [2.05, 4.69) is 10.2 Å². The monoisotopic (exact) mass is 155 g/mol. The van der Waals surface area contributed by atoms with Gasteiger partial charge in [0.2, 0.25) is 5.91 Å². The molecule has 2 atom stereocenters. The van der Waals surface area contributed by atoms with Crippen LogP contribution in [0.5, 0.6) is 0 Å². The molecule has 0 spiro atoms. The van der Waals surface area contributed by atoms with Gasteiger partial charge in [-0.15, -0.1) is 0 Å². The highest BCUT2D eigenvalue weighted by Gasteiger charge is 2.36. The molecule has 2 aliphatic heterocycles. The van der Waals surface area contributed by atoms with Crippen molar-refractivity contribution in [3.05, 3.63) is 0 Å². The Labute approximate surface area is 65.7 Å². The molecule has 2 heterocycles. The van der Waals surface area contributed by atoms with E-state index in [4.69, 9.17) is 5.73 Å². The number of rotatable bonds is 0. The molecule has 4 heteroatoms. The Hall–Kier alpha value is -0.610. The van der Waals surface area contributed by atoms with E-state index in [9.17, 15) is 4.79 Å². The molecule has 11 heavy (non-hydrogen) atoms. The number of hydrogen-bond donors (Lipinski definition) is 2. The number of amides is 1. The second-order valence-corrected chi connectivity index (χ2v) is 3.30. The first kappa shape index (κ1) is 7.06. The molecule has 2 aliphatic rings. The lowest BCUT2D eigenvalue weighted by molar-refractivity contribution is -0.127. The number of nitrogens with zero attached hydrogens (tertiary/aromatic N) is 1. The summed E-state index contributed by atoms with van der Waals surface area (Å²) in [7, 11) is 0. The molecule has 0 aliphatic carbocycles. The Kier molecular flexibility index (Phi) is 1.58. The van der Waals surface area contributed by atoms with Crippen molar-refractivity contribution < 1.29 is 4.79 Å². The van der Waals surface area contributed by atoms with Crippen molar-refractivity contribution in [2.75, 3.05) is 19.6 Å². The quantitative estimate of drug-likeness (QED) is 0.448. The summed E-state index contributed by atoms with van der Waals surface area (Å²) in [5, 5.41) is 2.84. The fourth-order valence-electron chi connectivity index (χ4n) is 1.90. The Balaban J connectivity index is 2.09. The number of nitrogens with one attached hydrogen (secondary N) is 1. The lowest BCUT2D eigenvalue weighted by Gasteiger charge is -2.28. The summed E-state index contributed by atoms with van der Waals surface area (Å²) in [5.74, 6) is 0.157. The van der Waals surface area contributed by atoms with Crippen LogP contribution in [0, 0.1) is 0 Å². The van der Waals surface area contributed by atoms with Gasteiger partial charge in [0.05, 0.1) is 6.04 Å². The summed E-state index contributed by atoms with van der Waals surface area (Å²) in [6.07, 6.45) is 0.825. The third-order valence-electron chi connectivity index (χ3n) is 2.44. The van der Waals surface area contributed by atoms with Crippen LogP contribution in [-0.4, -0.2) is 42.5 Å². The maximum absolute atomic E-state index is 11.2. The minimum atomic E-state index is 0.0683. The topological polar surface area (TPSA) is 58.4 Å². The zero-order chi connectivity index (χ0) is 7.84. The Morgan fingerprint density at radius 3 is 3.18 bits per heavy atom. The third-order valence-corrected chi connectivity index (χ3v) is 2.44. The van der Waals surface area contributed by atoms with Gasteiger partial charge in [-0.1, -0.05) is 0 Å². The first-order chi connectivity index (χ1) is 5.27. The van der Waals surface area contributed by atoms with Crippen LogP contribution in [0.4, 0.5) is 0 Å². The van der Waals surface area contributed by atoms with E-state index in [0.29, 0.717) is 0 Å². The van der Waals surface area contributed by atoms with Gasteiger partial charge in [0.25, 0.3) is 0 Å². The second-order valence-electron chi connectivity index (χ2n) is 3.30. The molecule has 0 bridgehead atoms. The zero-order valence-electron chi connectivity index (χ0n) is 6.42. The van der Waals surface area contributed by atoms with Gasteiger partial charge in [0, 0.05) is 25.7 Å². The summed E-state index contributed by atoms with van der Waals surface area (Å²) in [5.41, 5.74) is 5.74. The zero-order valence-corrected chi connectivity index (χ0v) is 6.42. The third kappa shape index (κ3) is 1.12. The van der Waals surface area contributed by atoms with Crippen molar-refractivity contribution in [2.45, 2.75) is 18.5 Å². The van der Waals surface area contributed by atoms with Gasteiger partial charge in [-0.05, 0) is 6.42 Å². The van der Waals surface area contributed by atoms with E-state index in [1.165, 1.54) is 0 Å². The first-order valence-electron chi connectivity index (χ1n) is 4.05. The number of carbonyl (C=O) groups excluding carboxylic acids is 1. The highest BCUT2D eigenvalue weighted by molar-refractivity contribution is 5.82. The minimum Gasteiger partial charge on any atom is -0.353 e. The summed E-state index contributed by atoms with van der Waals surface area (Å²) < 4.78 is 0. The molecule has 2 rings (SSSR count). The van der Waals surface area contributed by atoms with E-state index in [1.54, 1.807) is 0 Å². The molecule has 4 nitrogen and oxygen atoms in total. The van der Waals surface area contributed by atoms with Crippen molar-refractivity contribution in [2.24, 2.45) is 5.73 Å². The number of nitrogens with two attached hydrogens (primary N) is 1. The first-order valence-corrected chi connectivity index (χ1v) is 4.05. The van der Waals surface area contributed by atoms with E-state index < -0.39 is 0 Å². The summed E-state index contributed by atoms with van der Waals surface area (Å²) in [6.45, 7) is 2.63. The smallest absolute Gasteiger partial charge is 0.237 e. The van der Waals surface area contributed by atoms with Gasteiger partial charge in [-0.2, -0.15) is 0 Å². The van der Waals surface area contributed by atoms with Crippen LogP contribution < -0.4 is 11.1 Å². The highest BCUT2D eigenvalue weighted by atomic mass is 16.2. The Bertz CT molecular complexity index is 183. The predicted octanol–water partition coefficient (Wildman–Crippen LogP) is -1.48. The van der Waals surface area contributed by atoms with Crippen LogP contribution in [0.2, 0.25) is 0 Å². The molecule has 3 N–H and O–H groups in total. The summed E-state index contributed by atoms with van der Waals surface area (Å²) >= 11 is 0. The van der Waals surface area contributed by atoms with Crippen molar-refractivity contribution in [1.29, 1.82) is 0 Å². The second kappa shape index (κ2) is 2.46. The Morgan fingerprint density at radius 1 is 1.64 bits per heavy atom. The van der Waals surface area contributed by atoms with Crippen molar-refractivity contribution >= 4 is 5.91 Å². The predicted molar refractivity (Wildman–Crippen MR) is 41.0 cm³/mol. The Morgan fingerprint density at radius 2 is 2.45 bits per heavy atom. The number of hydrogen-bond acceptors (Lipinski definition) is 3. The molecule has 2 fully saturated rings. The molecule has 1 amide bonds. The fourth-order valence-corrected chi connectivity index (χ4v) is 1.90. The van der Waals surface area contributed by atoms with E-state index in [0.717, 1.165) is 26.1 Å². The van der Waals surface area contributed by atoms with Crippen molar-refractivity contribution in [3.63, 3.8) is 0 Å². The molecule has 0 radical (unpaired) electrons. The molecule has 0 saturated carbocycles. The van der Waals surface area contributed by atoms with Gasteiger partial charge >= 0.3 is 0 Å². The molecule has 2 saturated heterocycles. The minimum absolute atomic E-state index is 0.0683. The highest BCUT2D eigenvalue weighted by Crippen LogP contribution is 2.17. The molecular formula is C7H13N3O. The number of carbonyl (C=O) groups is 1. The average Bonchev–Trinajstić information content (AvgIpc) is 2.31. The van der Waals surface area contributed by atoms with Gasteiger partial charge in [0.1, 0.15) is 0 Å². The van der Waals surface area contributed by atoms with Crippen molar-refractivity contribution in [1.82, 2.24) is 10.2 Å². The maximum Gasteiger partial charge on any atom is 0.237 e. The fraction of sp³-hybridized carbons (Fsp3) is 0.857. The van der Waals surface area contributed by atoms with Crippen LogP contribution in [0.15, 0.2) is 0 Å². The molecule has 62 valence electrons. The van der Waals surface area contributed by atoms with E-state index in [1.807, 2.05) is 0 Å². The molecule has 0 aromatic heterocycles. The number of piperazine rings is 1. The molecule has 0 aromatic rings. The van der Waals surface area contributed by atoms with Gasteiger partial charge < -0.3 is 11.1 Å². The standard InChI is InChI=1S/C7H13N3O/c8-5-3-6-7(11)9-1-2-10(6)4-5/h5-6H,1-4,8H2,(H,9,11). The van der Waals surface area contributed by atoms with Crippen LogP contribution >= 0.6 is 0 Å². The van der Waals surface area contributed by atoms with Crippen LogP contribution in [-0.2, 0) is 4.79 Å². The summed E-state index contributed by atoms with van der Waals surface area (Å²) in [6, 6.07) is 0.266. The lowest BCUT2D eigenvalue weighted by Crippen LogP contribution is -2.51. The average molecular weight is 155 g/mol. The normalized spacial score (nSPS) is 38.5. The number of fused-ring (bicyclic) bond motifs is 1. The summed E-state index contributed by atoms with van der Waals surface area (Å²) in [4.78, 5) is 13.4. The maximum atomic E-state index is 11.2. The van der Waals surface area contributed by atoms with E-state index in [-0.39, 0.29) is 18.0 Å². The molecule has 0 aromatic carbocycles. The van der Waals surface area contributed by atoms with Crippen molar-refractivity contribution in [3.8, 4) is 0 Å². The lowest BCUT2D eigenvalue weighted by atomic mass is 10.1. The molecule has 2 unspecified atom stereocenters. The van der Waals surface area contributed by atoms with Gasteiger partial charge in [0.15, 0.2) is 0 Å². The van der Waals surface area contributed by atoms with Gasteiger partial charge in [-0.25, -0.2) is 0 Å². The van der Waals surface area contributed by atoms with Gasteiger partial charge in [-0.3, -0.25) is 9.69 Å². The molecular weight excluding hydrogens is 142 g/mol. The largest absolute Gasteiger partial charge is 0.353 e.